The number of H-pyrrole nitrogens is 1. The normalized spacial score (nSPS) is 10.3. The zero-order valence-electron chi connectivity index (χ0n) is 8.73. The summed E-state index contributed by atoms with van der Waals surface area (Å²) in [6, 6.07) is 5.48. The molecule has 1 aromatic carbocycles. The van der Waals surface area contributed by atoms with Crippen LogP contribution in [0, 0.1) is 6.92 Å². The van der Waals surface area contributed by atoms with E-state index in [1.807, 2.05) is 19.1 Å². The molecule has 3 N–H and O–H groups in total. The van der Waals surface area contributed by atoms with Crippen LogP contribution >= 0.6 is 11.8 Å². The first-order valence-corrected chi connectivity index (χ1v) is 5.57. The highest BCUT2D eigenvalue weighted by atomic mass is 32.2. The number of primary amides is 1. The molecular weight excluding hydrogens is 222 g/mol. The minimum Gasteiger partial charge on any atom is -0.366 e. The summed E-state index contributed by atoms with van der Waals surface area (Å²) in [7, 11) is 0. The maximum absolute atomic E-state index is 11.2. The summed E-state index contributed by atoms with van der Waals surface area (Å²) in [5.41, 5.74) is 6.72. The lowest BCUT2D eigenvalue weighted by Crippen LogP contribution is -2.12. The number of carbonyl (C=O) groups excluding carboxylic acids is 1. The Morgan fingerprint density at radius 3 is 2.94 bits per heavy atom. The van der Waals surface area contributed by atoms with Crippen LogP contribution in [0.25, 0.3) is 0 Å². The number of nitrogens with zero attached hydrogens (tertiary/aromatic N) is 1. The molecule has 0 saturated heterocycles. The fourth-order valence-corrected chi connectivity index (χ4v) is 2.26. The van der Waals surface area contributed by atoms with Crippen molar-refractivity contribution in [1.29, 1.82) is 0 Å². The lowest BCUT2D eigenvalue weighted by Gasteiger charge is -2.06. The summed E-state index contributed by atoms with van der Waals surface area (Å²) >= 11 is 1.48. The third-order valence-electron chi connectivity index (χ3n) is 2.23. The predicted molar refractivity (Wildman–Crippen MR) is 62.4 cm³/mol. The maximum Gasteiger partial charge on any atom is 0.249 e. The van der Waals surface area contributed by atoms with Crippen molar-refractivity contribution < 1.29 is 4.79 Å². The van der Waals surface area contributed by atoms with Gasteiger partial charge >= 0.3 is 0 Å². The average molecular weight is 233 g/mol. The number of amides is 1. The van der Waals surface area contributed by atoms with E-state index in [-0.39, 0.29) is 0 Å². The monoisotopic (exact) mass is 233 g/mol. The summed E-state index contributed by atoms with van der Waals surface area (Å²) < 4.78 is 0. The van der Waals surface area contributed by atoms with Gasteiger partial charge in [-0.25, -0.2) is 4.98 Å². The third-order valence-corrected chi connectivity index (χ3v) is 3.31. The van der Waals surface area contributed by atoms with Crippen molar-refractivity contribution in [2.45, 2.75) is 17.0 Å². The number of aromatic nitrogens is 2. The van der Waals surface area contributed by atoms with Gasteiger partial charge in [-0.3, -0.25) is 4.79 Å². The molecule has 2 aromatic rings. The van der Waals surface area contributed by atoms with Crippen LogP contribution in [-0.2, 0) is 0 Å². The fourth-order valence-electron chi connectivity index (χ4n) is 1.40. The van der Waals surface area contributed by atoms with E-state index >= 15 is 0 Å². The molecule has 1 amide bonds. The van der Waals surface area contributed by atoms with E-state index in [2.05, 4.69) is 9.97 Å². The highest BCUT2D eigenvalue weighted by molar-refractivity contribution is 7.99. The fraction of sp³-hybridized carbons (Fsp3) is 0.0909. The molecule has 82 valence electrons. The number of nitrogens with one attached hydrogen (secondary N) is 1. The van der Waals surface area contributed by atoms with Gasteiger partial charge in [-0.15, -0.1) is 0 Å². The minimum atomic E-state index is -0.403. The molecule has 2 rings (SSSR count). The molecule has 0 radical (unpaired) electrons. The summed E-state index contributed by atoms with van der Waals surface area (Å²) in [5, 5.41) is 0.796. The van der Waals surface area contributed by atoms with Crippen LogP contribution in [0.5, 0.6) is 0 Å². The Hall–Kier alpha value is -1.75. The molecule has 0 aliphatic heterocycles. The molecule has 0 unspecified atom stereocenters. The van der Waals surface area contributed by atoms with Gasteiger partial charge in [0.2, 0.25) is 5.91 Å². The first-order valence-electron chi connectivity index (χ1n) is 4.75. The van der Waals surface area contributed by atoms with Gasteiger partial charge in [0.15, 0.2) is 5.16 Å². The van der Waals surface area contributed by atoms with E-state index in [9.17, 15) is 4.79 Å². The standard InChI is InChI=1S/C11H11N3OS/c1-7-8(10(12)15)3-2-4-9(7)16-11-13-5-6-14-11/h2-6H,1H3,(H2,12,15)(H,13,14). The molecule has 0 aliphatic carbocycles. The first kappa shape index (κ1) is 10.8. The first-order chi connectivity index (χ1) is 7.68. The molecule has 0 fully saturated rings. The largest absolute Gasteiger partial charge is 0.366 e. The van der Waals surface area contributed by atoms with Crippen molar-refractivity contribution in [2.24, 2.45) is 5.73 Å². The molecule has 1 aromatic heterocycles. The molecule has 5 heteroatoms. The van der Waals surface area contributed by atoms with Gasteiger partial charge in [0.05, 0.1) is 0 Å². The van der Waals surface area contributed by atoms with Crippen LogP contribution in [0.1, 0.15) is 15.9 Å². The Balaban J connectivity index is 2.35. The number of imidazole rings is 1. The number of rotatable bonds is 3. The second-order valence-corrected chi connectivity index (χ2v) is 4.32. The quantitative estimate of drug-likeness (QED) is 0.851. The molecule has 16 heavy (non-hydrogen) atoms. The van der Waals surface area contributed by atoms with Crippen molar-refractivity contribution in [1.82, 2.24) is 9.97 Å². The van der Waals surface area contributed by atoms with Crippen molar-refractivity contribution in [3.05, 3.63) is 41.7 Å². The zero-order chi connectivity index (χ0) is 11.5. The van der Waals surface area contributed by atoms with E-state index in [0.29, 0.717) is 5.56 Å². The molecule has 4 nitrogen and oxygen atoms in total. The van der Waals surface area contributed by atoms with Crippen molar-refractivity contribution in [3.8, 4) is 0 Å². The highest BCUT2D eigenvalue weighted by Crippen LogP contribution is 2.28. The molecule has 0 aliphatic rings. The lowest BCUT2D eigenvalue weighted by molar-refractivity contribution is 0.0999. The summed E-state index contributed by atoms with van der Waals surface area (Å²) in [5.74, 6) is -0.403. The third kappa shape index (κ3) is 2.09. The molecule has 0 atom stereocenters. The Morgan fingerprint density at radius 2 is 2.31 bits per heavy atom. The maximum atomic E-state index is 11.2. The Bertz CT molecular complexity index is 508. The van der Waals surface area contributed by atoms with Crippen molar-refractivity contribution in [3.63, 3.8) is 0 Å². The van der Waals surface area contributed by atoms with E-state index in [0.717, 1.165) is 15.6 Å². The van der Waals surface area contributed by atoms with Crippen LogP contribution in [0.15, 0.2) is 40.6 Å². The molecule has 0 bridgehead atoms. The van der Waals surface area contributed by atoms with E-state index in [4.69, 9.17) is 5.73 Å². The van der Waals surface area contributed by atoms with Crippen LogP contribution in [-0.4, -0.2) is 15.9 Å². The summed E-state index contributed by atoms with van der Waals surface area (Å²) in [6.45, 7) is 1.88. The van der Waals surface area contributed by atoms with Gasteiger partial charge < -0.3 is 10.7 Å². The number of aromatic amines is 1. The SMILES string of the molecule is Cc1c(Sc2ncc[nH]2)cccc1C(N)=O. The van der Waals surface area contributed by atoms with Gasteiger partial charge in [0.1, 0.15) is 0 Å². The molecular formula is C11H11N3OS. The number of hydrogen-bond acceptors (Lipinski definition) is 3. The second-order valence-electron chi connectivity index (χ2n) is 3.29. The van der Waals surface area contributed by atoms with Gasteiger partial charge in [-0.2, -0.15) is 0 Å². The summed E-state index contributed by atoms with van der Waals surface area (Å²) in [6.07, 6.45) is 3.45. The number of hydrogen-bond donors (Lipinski definition) is 2. The van der Waals surface area contributed by atoms with Gasteiger partial charge in [-0.1, -0.05) is 17.8 Å². The van der Waals surface area contributed by atoms with Crippen LogP contribution < -0.4 is 5.73 Å². The Kier molecular flexibility index (Phi) is 2.96. The van der Waals surface area contributed by atoms with Gasteiger partial charge in [0.25, 0.3) is 0 Å². The van der Waals surface area contributed by atoms with Gasteiger partial charge in [-0.05, 0) is 24.6 Å². The highest BCUT2D eigenvalue weighted by Gasteiger charge is 2.09. The number of nitrogens with two attached hydrogens (primary N) is 1. The number of carbonyl (C=O) groups is 1. The van der Waals surface area contributed by atoms with Crippen LogP contribution in [0.3, 0.4) is 0 Å². The van der Waals surface area contributed by atoms with Gasteiger partial charge in [0, 0.05) is 22.9 Å². The predicted octanol–water partition coefficient (Wildman–Crippen LogP) is 1.97. The van der Waals surface area contributed by atoms with Crippen LogP contribution in [0.4, 0.5) is 0 Å². The Morgan fingerprint density at radius 1 is 1.50 bits per heavy atom. The zero-order valence-corrected chi connectivity index (χ0v) is 9.54. The topological polar surface area (TPSA) is 71.8 Å². The Labute approximate surface area is 97.3 Å². The number of benzene rings is 1. The summed E-state index contributed by atoms with van der Waals surface area (Å²) in [4.78, 5) is 19.3. The van der Waals surface area contributed by atoms with Crippen LogP contribution in [0.2, 0.25) is 0 Å². The molecule has 0 spiro atoms. The molecule has 1 heterocycles. The minimum absolute atomic E-state index is 0.403. The van der Waals surface area contributed by atoms with Crippen molar-refractivity contribution in [2.75, 3.05) is 0 Å². The lowest BCUT2D eigenvalue weighted by atomic mass is 10.1. The molecule has 0 saturated carbocycles. The van der Waals surface area contributed by atoms with E-state index in [1.54, 1.807) is 18.5 Å². The average Bonchev–Trinajstić information content (AvgIpc) is 2.73. The van der Waals surface area contributed by atoms with E-state index < -0.39 is 5.91 Å². The van der Waals surface area contributed by atoms with Crippen molar-refractivity contribution >= 4 is 17.7 Å². The van der Waals surface area contributed by atoms with E-state index in [1.165, 1.54) is 11.8 Å². The second kappa shape index (κ2) is 4.40. The smallest absolute Gasteiger partial charge is 0.249 e.